The van der Waals surface area contributed by atoms with Crippen LogP contribution in [-0.2, 0) is 6.54 Å². The molecule has 1 rings (SSSR count). The predicted octanol–water partition coefficient (Wildman–Crippen LogP) is 0.0308. The Morgan fingerprint density at radius 3 is 2.85 bits per heavy atom. The predicted molar refractivity (Wildman–Crippen MR) is 48.2 cm³/mol. The van der Waals surface area contributed by atoms with Crippen LogP contribution in [0.5, 0.6) is 0 Å². The molecule has 13 heavy (non-hydrogen) atoms. The maximum atomic E-state index is 9.00. The molecule has 1 unspecified atom stereocenters. The van der Waals surface area contributed by atoms with Crippen molar-refractivity contribution < 1.29 is 14.6 Å². The van der Waals surface area contributed by atoms with Gasteiger partial charge in [0, 0.05) is 6.54 Å². The zero-order valence-electron chi connectivity index (χ0n) is 7.66. The van der Waals surface area contributed by atoms with Crippen LogP contribution in [0.2, 0.25) is 0 Å². The second-order valence-corrected chi connectivity index (χ2v) is 2.98. The van der Waals surface area contributed by atoms with Gasteiger partial charge in [0.1, 0.15) is 11.5 Å². The summed E-state index contributed by atoms with van der Waals surface area (Å²) >= 11 is 0. The molecule has 0 spiro atoms. The highest BCUT2D eigenvalue weighted by Gasteiger charge is 2.02. The molecule has 4 nitrogen and oxygen atoms in total. The highest BCUT2D eigenvalue weighted by atomic mass is 16.3. The lowest BCUT2D eigenvalue weighted by Gasteiger charge is -2.06. The summed E-state index contributed by atoms with van der Waals surface area (Å²) in [6.45, 7) is 2.61. The average molecular weight is 185 g/mol. The molecule has 0 fully saturated rings. The molecule has 1 atom stereocenters. The zero-order valence-corrected chi connectivity index (χ0v) is 7.66. The Bertz CT molecular complexity index is 247. The van der Waals surface area contributed by atoms with Crippen LogP contribution in [0.3, 0.4) is 0 Å². The Kier molecular flexibility index (Phi) is 3.95. The first-order chi connectivity index (χ1) is 6.22. The number of aliphatic hydroxyl groups is 2. The van der Waals surface area contributed by atoms with E-state index in [-0.39, 0.29) is 6.61 Å². The molecule has 0 saturated carbocycles. The summed E-state index contributed by atoms with van der Waals surface area (Å²) in [5.74, 6) is 1.71. The van der Waals surface area contributed by atoms with E-state index in [2.05, 4.69) is 5.32 Å². The molecule has 0 amide bonds. The number of furan rings is 1. The van der Waals surface area contributed by atoms with Crippen LogP contribution >= 0.6 is 0 Å². The van der Waals surface area contributed by atoms with E-state index in [9.17, 15) is 0 Å². The maximum Gasteiger partial charge on any atom is 0.117 e. The minimum atomic E-state index is -0.698. The minimum Gasteiger partial charge on any atom is -0.465 e. The molecule has 1 heterocycles. The lowest BCUT2D eigenvalue weighted by Crippen LogP contribution is -2.28. The smallest absolute Gasteiger partial charge is 0.117 e. The molecule has 0 aliphatic rings. The van der Waals surface area contributed by atoms with Crippen molar-refractivity contribution in [1.82, 2.24) is 5.32 Å². The molecule has 0 aliphatic heterocycles. The van der Waals surface area contributed by atoms with Crippen LogP contribution in [0.25, 0.3) is 0 Å². The fourth-order valence-electron chi connectivity index (χ4n) is 1.01. The van der Waals surface area contributed by atoms with Crippen LogP contribution < -0.4 is 5.32 Å². The molecule has 74 valence electrons. The Morgan fingerprint density at radius 2 is 2.31 bits per heavy atom. The van der Waals surface area contributed by atoms with Crippen LogP contribution in [0.4, 0.5) is 0 Å². The van der Waals surface area contributed by atoms with Gasteiger partial charge in [0.2, 0.25) is 0 Å². The van der Waals surface area contributed by atoms with Gasteiger partial charge < -0.3 is 19.9 Å². The van der Waals surface area contributed by atoms with E-state index in [0.29, 0.717) is 13.1 Å². The molecule has 0 bridgehead atoms. The minimum absolute atomic E-state index is 0.218. The number of aryl methyl sites for hydroxylation is 1. The zero-order chi connectivity index (χ0) is 9.68. The van der Waals surface area contributed by atoms with Gasteiger partial charge in [0.25, 0.3) is 0 Å². The summed E-state index contributed by atoms with van der Waals surface area (Å²) < 4.78 is 5.29. The first-order valence-corrected chi connectivity index (χ1v) is 4.27. The summed E-state index contributed by atoms with van der Waals surface area (Å²) in [5.41, 5.74) is 0. The van der Waals surface area contributed by atoms with Crippen molar-refractivity contribution in [3.05, 3.63) is 23.7 Å². The van der Waals surface area contributed by atoms with Gasteiger partial charge in [-0.25, -0.2) is 0 Å². The van der Waals surface area contributed by atoms with Crippen molar-refractivity contribution in [3.8, 4) is 0 Å². The van der Waals surface area contributed by atoms with Gasteiger partial charge in [-0.3, -0.25) is 0 Å². The van der Waals surface area contributed by atoms with Crippen molar-refractivity contribution in [3.63, 3.8) is 0 Å². The van der Waals surface area contributed by atoms with Gasteiger partial charge in [-0.15, -0.1) is 0 Å². The normalized spacial score (nSPS) is 13.2. The molecule has 0 aromatic carbocycles. The second-order valence-electron chi connectivity index (χ2n) is 2.98. The number of rotatable bonds is 5. The van der Waals surface area contributed by atoms with Crippen LogP contribution in [0.15, 0.2) is 16.5 Å². The molecular formula is C9H15NO3. The van der Waals surface area contributed by atoms with E-state index < -0.39 is 6.10 Å². The fourth-order valence-corrected chi connectivity index (χ4v) is 1.01. The quantitative estimate of drug-likeness (QED) is 0.605. The fraction of sp³-hybridized carbons (Fsp3) is 0.556. The topological polar surface area (TPSA) is 65.6 Å². The summed E-state index contributed by atoms with van der Waals surface area (Å²) in [5, 5.41) is 20.5. The van der Waals surface area contributed by atoms with Crippen molar-refractivity contribution in [2.75, 3.05) is 13.2 Å². The van der Waals surface area contributed by atoms with Crippen molar-refractivity contribution in [1.29, 1.82) is 0 Å². The molecule has 1 aromatic rings. The van der Waals surface area contributed by atoms with Crippen LogP contribution in [0.1, 0.15) is 11.5 Å². The molecular weight excluding hydrogens is 170 g/mol. The summed E-state index contributed by atoms with van der Waals surface area (Å²) in [7, 11) is 0. The number of hydrogen-bond donors (Lipinski definition) is 3. The van der Waals surface area contributed by atoms with E-state index in [1.54, 1.807) is 0 Å². The van der Waals surface area contributed by atoms with E-state index in [1.165, 1.54) is 0 Å². The van der Waals surface area contributed by atoms with E-state index in [1.807, 2.05) is 19.1 Å². The number of hydrogen-bond acceptors (Lipinski definition) is 4. The highest BCUT2D eigenvalue weighted by molar-refractivity contribution is 5.05. The lowest BCUT2D eigenvalue weighted by atomic mass is 10.3. The largest absolute Gasteiger partial charge is 0.465 e. The lowest BCUT2D eigenvalue weighted by molar-refractivity contribution is 0.0938. The Hall–Kier alpha value is -0.840. The maximum absolute atomic E-state index is 9.00. The van der Waals surface area contributed by atoms with E-state index >= 15 is 0 Å². The van der Waals surface area contributed by atoms with Gasteiger partial charge >= 0.3 is 0 Å². The van der Waals surface area contributed by atoms with Gasteiger partial charge in [0.15, 0.2) is 0 Å². The molecule has 4 heteroatoms. The van der Waals surface area contributed by atoms with Crippen LogP contribution in [-0.4, -0.2) is 29.5 Å². The number of aliphatic hydroxyl groups excluding tert-OH is 2. The van der Waals surface area contributed by atoms with Gasteiger partial charge in [-0.1, -0.05) is 0 Å². The molecule has 1 aromatic heterocycles. The van der Waals surface area contributed by atoms with Gasteiger partial charge in [-0.05, 0) is 19.1 Å². The average Bonchev–Trinajstić information content (AvgIpc) is 2.51. The summed E-state index contributed by atoms with van der Waals surface area (Å²) in [6, 6.07) is 3.77. The third-order valence-electron chi connectivity index (χ3n) is 1.69. The van der Waals surface area contributed by atoms with Crippen LogP contribution in [0, 0.1) is 6.92 Å². The van der Waals surface area contributed by atoms with Crippen molar-refractivity contribution in [2.45, 2.75) is 19.6 Å². The SMILES string of the molecule is Cc1ccc(CNCC(O)CO)o1. The first kappa shape index (κ1) is 10.2. The second kappa shape index (κ2) is 5.01. The Balaban J connectivity index is 2.20. The number of nitrogens with one attached hydrogen (secondary N) is 1. The molecule has 0 radical (unpaired) electrons. The van der Waals surface area contributed by atoms with E-state index in [4.69, 9.17) is 14.6 Å². The van der Waals surface area contributed by atoms with Crippen molar-refractivity contribution >= 4 is 0 Å². The van der Waals surface area contributed by atoms with E-state index in [0.717, 1.165) is 11.5 Å². The standard InChI is InChI=1S/C9H15NO3/c1-7-2-3-9(13-7)5-10-4-8(12)6-11/h2-3,8,10-12H,4-6H2,1H3. The Morgan fingerprint density at radius 1 is 1.54 bits per heavy atom. The van der Waals surface area contributed by atoms with Crippen molar-refractivity contribution in [2.24, 2.45) is 0 Å². The first-order valence-electron chi connectivity index (χ1n) is 4.27. The summed E-state index contributed by atoms with van der Waals surface area (Å²) in [6.07, 6.45) is -0.698. The highest BCUT2D eigenvalue weighted by Crippen LogP contribution is 2.05. The molecule has 0 saturated heterocycles. The monoisotopic (exact) mass is 185 g/mol. The Labute approximate surface area is 77.2 Å². The molecule has 3 N–H and O–H groups in total. The third kappa shape index (κ3) is 3.59. The van der Waals surface area contributed by atoms with Gasteiger partial charge in [-0.2, -0.15) is 0 Å². The third-order valence-corrected chi connectivity index (χ3v) is 1.69. The van der Waals surface area contributed by atoms with Gasteiger partial charge in [0.05, 0.1) is 19.3 Å². The summed E-state index contributed by atoms with van der Waals surface area (Å²) in [4.78, 5) is 0. The molecule has 0 aliphatic carbocycles.